The molecule has 6 nitrogen and oxygen atoms in total. The largest absolute Gasteiger partial charge is 0.416 e. The molecule has 0 fully saturated rings. The van der Waals surface area contributed by atoms with Crippen LogP contribution in [0.25, 0.3) is 89.2 Å². The molecule has 0 unspecified atom stereocenters. The van der Waals surface area contributed by atoms with Crippen molar-refractivity contribution in [3.05, 3.63) is 174 Å². The molecule has 0 radical (unpaired) electrons. The van der Waals surface area contributed by atoms with E-state index in [0.717, 1.165) is 24.3 Å². The second kappa shape index (κ2) is 13.7. The first kappa shape index (κ1) is 36.6. The van der Waals surface area contributed by atoms with Gasteiger partial charge in [0.2, 0.25) is 0 Å². The molecule has 10 aromatic rings. The molecule has 0 bridgehead atoms. The van der Waals surface area contributed by atoms with E-state index in [2.05, 4.69) is 6.07 Å². The molecule has 290 valence electrons. The van der Waals surface area contributed by atoms with Gasteiger partial charge in [0.05, 0.1) is 50.1 Å². The van der Waals surface area contributed by atoms with Crippen LogP contribution in [0.5, 0.6) is 0 Å². The Morgan fingerprint density at radius 2 is 0.833 bits per heavy atom. The Morgan fingerprint density at radius 1 is 0.417 bits per heavy atom. The van der Waals surface area contributed by atoms with Crippen LogP contribution < -0.4 is 0 Å². The molecule has 0 aliphatic rings. The van der Waals surface area contributed by atoms with E-state index < -0.39 is 23.5 Å². The van der Waals surface area contributed by atoms with Gasteiger partial charge in [0, 0.05) is 38.2 Å². The number of rotatable bonds is 5. The lowest BCUT2D eigenvalue weighted by atomic mass is 10.0. The fraction of sp³-hybridized carbons (Fsp3) is 0.0417. The zero-order valence-electron chi connectivity index (χ0n) is 31.0. The average Bonchev–Trinajstić information content (AvgIpc) is 3.78. The monoisotopic (exact) mass is 800 g/mol. The Balaban J connectivity index is 1.35. The van der Waals surface area contributed by atoms with Crippen molar-refractivity contribution in [1.82, 2.24) is 24.1 Å². The SMILES string of the molecule is N#Cc1cc(-n2c3ccccc3c3cc(C(F)(F)F)ccc32)c(-c2nc(-c3ccccc3)nc(-c3ccccc3)n2)cc1-n1c2ccccc2c2cc(C(F)(F)F)ccc21. The quantitative estimate of drug-likeness (QED) is 0.163. The highest BCUT2D eigenvalue weighted by molar-refractivity contribution is 6.11. The number of hydrogen-bond donors (Lipinski definition) is 0. The van der Waals surface area contributed by atoms with Crippen LogP contribution in [-0.4, -0.2) is 24.1 Å². The lowest BCUT2D eigenvalue weighted by Crippen LogP contribution is -2.07. The summed E-state index contributed by atoms with van der Waals surface area (Å²) in [7, 11) is 0. The maximum Gasteiger partial charge on any atom is 0.416 e. The average molecular weight is 801 g/mol. The molecular formula is C48H26F6N6. The van der Waals surface area contributed by atoms with Gasteiger partial charge in [-0.15, -0.1) is 0 Å². The van der Waals surface area contributed by atoms with Crippen molar-refractivity contribution in [2.45, 2.75) is 12.4 Å². The van der Waals surface area contributed by atoms with E-state index in [4.69, 9.17) is 15.0 Å². The Morgan fingerprint density at radius 3 is 1.30 bits per heavy atom. The molecule has 0 atom stereocenters. The summed E-state index contributed by atoms with van der Waals surface area (Å²) >= 11 is 0. The zero-order valence-corrected chi connectivity index (χ0v) is 31.0. The number of benzene rings is 7. The van der Waals surface area contributed by atoms with Gasteiger partial charge < -0.3 is 9.13 Å². The molecule has 7 aromatic carbocycles. The minimum atomic E-state index is -4.60. The maximum atomic E-state index is 14.1. The Kier molecular flexibility index (Phi) is 8.33. The summed E-state index contributed by atoms with van der Waals surface area (Å²) in [4.78, 5) is 14.9. The van der Waals surface area contributed by atoms with E-state index in [-0.39, 0.29) is 11.4 Å². The summed E-state index contributed by atoms with van der Waals surface area (Å²) < 4.78 is 88.2. The molecule has 3 aromatic heterocycles. The molecule has 0 aliphatic heterocycles. The zero-order chi connectivity index (χ0) is 41.3. The second-order valence-electron chi connectivity index (χ2n) is 14.2. The predicted molar refractivity (Wildman–Crippen MR) is 220 cm³/mol. The molecule has 60 heavy (non-hydrogen) atoms. The molecular weight excluding hydrogens is 775 g/mol. The van der Waals surface area contributed by atoms with E-state index >= 15 is 0 Å². The first-order valence-electron chi connectivity index (χ1n) is 18.6. The van der Waals surface area contributed by atoms with E-state index in [9.17, 15) is 31.6 Å². The summed E-state index contributed by atoms with van der Waals surface area (Å²) in [6.45, 7) is 0. The van der Waals surface area contributed by atoms with Crippen molar-refractivity contribution in [2.75, 3.05) is 0 Å². The third-order valence-corrected chi connectivity index (χ3v) is 10.7. The number of nitrogens with zero attached hydrogens (tertiary/aromatic N) is 6. The van der Waals surface area contributed by atoms with Crippen LogP contribution in [0.4, 0.5) is 26.3 Å². The van der Waals surface area contributed by atoms with E-state index in [0.29, 0.717) is 83.3 Å². The van der Waals surface area contributed by atoms with Crippen molar-refractivity contribution in [2.24, 2.45) is 0 Å². The van der Waals surface area contributed by atoms with Gasteiger partial charge >= 0.3 is 12.4 Å². The van der Waals surface area contributed by atoms with E-state index in [1.54, 1.807) is 69.8 Å². The first-order chi connectivity index (χ1) is 29.0. The number of para-hydroxylation sites is 2. The van der Waals surface area contributed by atoms with Gasteiger partial charge in [-0.25, -0.2) is 15.0 Å². The number of aromatic nitrogens is 5. The molecule has 12 heteroatoms. The van der Waals surface area contributed by atoms with Crippen LogP contribution >= 0.6 is 0 Å². The smallest absolute Gasteiger partial charge is 0.308 e. The lowest BCUT2D eigenvalue weighted by molar-refractivity contribution is -0.138. The number of fused-ring (bicyclic) bond motifs is 6. The van der Waals surface area contributed by atoms with Gasteiger partial charge in [-0.3, -0.25) is 0 Å². The maximum absolute atomic E-state index is 14.1. The van der Waals surface area contributed by atoms with Crippen molar-refractivity contribution >= 4 is 43.6 Å². The van der Waals surface area contributed by atoms with Gasteiger partial charge in [0.25, 0.3) is 0 Å². The number of alkyl halides is 6. The topological polar surface area (TPSA) is 72.3 Å². The summed E-state index contributed by atoms with van der Waals surface area (Å²) in [5, 5.41) is 12.7. The van der Waals surface area contributed by atoms with Gasteiger partial charge in [0.1, 0.15) is 6.07 Å². The lowest BCUT2D eigenvalue weighted by Gasteiger charge is -2.19. The van der Waals surface area contributed by atoms with Crippen molar-refractivity contribution in [3.63, 3.8) is 0 Å². The minimum absolute atomic E-state index is 0.134. The summed E-state index contributed by atoms with van der Waals surface area (Å²) in [6.07, 6.45) is -9.20. The number of hydrogen-bond acceptors (Lipinski definition) is 4. The summed E-state index contributed by atoms with van der Waals surface area (Å²) in [5.74, 6) is 0.858. The molecule has 3 heterocycles. The highest BCUT2D eigenvalue weighted by Crippen LogP contribution is 2.43. The third-order valence-electron chi connectivity index (χ3n) is 10.7. The molecule has 0 N–H and O–H groups in total. The van der Waals surface area contributed by atoms with Gasteiger partial charge in [-0.2, -0.15) is 31.6 Å². The predicted octanol–water partition coefficient (Wildman–Crippen LogP) is 13.0. The standard InChI is InChI=1S/C48H26F6N6/c49-47(50,51)31-19-21-40-35(24-31)33-15-7-9-17-38(33)59(40)42-26-37(46-57-44(28-11-3-1-4-12-28)56-45(58-46)29-13-5-2-6-14-29)43(23-30(42)27-55)60-39-18-10-8-16-34(39)36-25-32(48(52,53)54)20-22-41(36)60/h1-26H. The first-order valence-corrected chi connectivity index (χ1v) is 18.6. The van der Waals surface area contributed by atoms with Crippen LogP contribution in [0, 0.1) is 11.3 Å². The summed E-state index contributed by atoms with van der Waals surface area (Å²) in [5.41, 5.74) is 2.91. The number of nitriles is 1. The molecule has 0 aliphatic carbocycles. The molecule has 0 saturated carbocycles. The fourth-order valence-corrected chi connectivity index (χ4v) is 7.96. The van der Waals surface area contributed by atoms with Crippen LogP contribution in [0.2, 0.25) is 0 Å². The Bertz CT molecular complexity index is 3300. The summed E-state index contributed by atoms with van der Waals surface area (Å²) in [6, 6.07) is 45.3. The third kappa shape index (κ3) is 6.02. The highest BCUT2D eigenvalue weighted by atomic mass is 19.4. The molecule has 0 spiro atoms. The normalized spacial score (nSPS) is 12.2. The van der Waals surface area contributed by atoms with E-state index in [1.807, 2.05) is 60.7 Å². The minimum Gasteiger partial charge on any atom is -0.308 e. The highest BCUT2D eigenvalue weighted by Gasteiger charge is 2.33. The molecule has 0 amide bonds. The van der Waals surface area contributed by atoms with E-state index in [1.165, 1.54) is 12.1 Å². The van der Waals surface area contributed by atoms with Crippen LogP contribution in [0.3, 0.4) is 0 Å². The molecule has 10 rings (SSSR count). The van der Waals surface area contributed by atoms with Crippen molar-refractivity contribution < 1.29 is 26.3 Å². The fourth-order valence-electron chi connectivity index (χ4n) is 7.96. The van der Waals surface area contributed by atoms with Crippen LogP contribution in [-0.2, 0) is 12.4 Å². The van der Waals surface area contributed by atoms with Crippen LogP contribution in [0.1, 0.15) is 16.7 Å². The Labute approximate surface area is 336 Å². The Hall–Kier alpha value is -7.78. The second-order valence-corrected chi connectivity index (χ2v) is 14.2. The van der Waals surface area contributed by atoms with Crippen molar-refractivity contribution in [1.29, 1.82) is 5.26 Å². The van der Waals surface area contributed by atoms with Gasteiger partial charge in [-0.05, 0) is 60.7 Å². The molecule has 0 saturated heterocycles. The number of halogens is 6. The van der Waals surface area contributed by atoms with Crippen LogP contribution in [0.15, 0.2) is 158 Å². The van der Waals surface area contributed by atoms with Gasteiger partial charge in [0.15, 0.2) is 17.5 Å². The van der Waals surface area contributed by atoms with Gasteiger partial charge in [-0.1, -0.05) is 97.1 Å². The van der Waals surface area contributed by atoms with Crippen molar-refractivity contribution in [3.8, 4) is 51.6 Å².